The fourth-order valence-electron chi connectivity index (χ4n) is 2.81. The summed E-state index contributed by atoms with van der Waals surface area (Å²) in [5.41, 5.74) is 1.18. The van der Waals surface area contributed by atoms with Crippen LogP contribution in [0.2, 0.25) is 0 Å². The van der Waals surface area contributed by atoms with Crippen LogP contribution in [0.4, 0.5) is 4.39 Å². The van der Waals surface area contributed by atoms with E-state index in [0.717, 1.165) is 37.8 Å². The van der Waals surface area contributed by atoms with Gasteiger partial charge in [0.25, 0.3) is 0 Å². The van der Waals surface area contributed by atoms with E-state index in [1.807, 2.05) is 12.1 Å². The summed E-state index contributed by atoms with van der Waals surface area (Å²) < 4.78 is 12.9. The number of carbonyl (C=O) groups excluding carboxylic acids is 1. The van der Waals surface area contributed by atoms with Gasteiger partial charge in [0, 0.05) is 12.0 Å². The molecule has 0 aromatic heterocycles. The Morgan fingerprint density at radius 1 is 1.35 bits per heavy atom. The first-order valence-corrected chi connectivity index (χ1v) is 6.97. The highest BCUT2D eigenvalue weighted by molar-refractivity contribution is 5.85. The lowest BCUT2D eigenvalue weighted by Crippen LogP contribution is -2.43. The second-order valence-electron chi connectivity index (χ2n) is 5.65. The Kier molecular flexibility index (Phi) is 4.66. The van der Waals surface area contributed by atoms with Gasteiger partial charge in [0.2, 0.25) is 5.91 Å². The Bertz CT molecular complexity index is 467. The van der Waals surface area contributed by atoms with Crippen LogP contribution >= 0.6 is 12.4 Å². The first kappa shape index (κ1) is 15.3. The lowest BCUT2D eigenvalue weighted by atomic mass is 9.96. The molecule has 1 saturated heterocycles. The van der Waals surface area contributed by atoms with Crippen molar-refractivity contribution < 1.29 is 9.18 Å². The Hall–Kier alpha value is -1.13. The molecular formula is C15H20ClFN2O. The van der Waals surface area contributed by atoms with E-state index in [1.54, 1.807) is 0 Å². The number of carbonyl (C=O) groups is 1. The Morgan fingerprint density at radius 2 is 2.05 bits per heavy atom. The van der Waals surface area contributed by atoms with Crippen LogP contribution in [-0.4, -0.2) is 25.0 Å². The number of benzene rings is 1. The zero-order chi connectivity index (χ0) is 13.3. The van der Waals surface area contributed by atoms with E-state index in [4.69, 9.17) is 0 Å². The summed E-state index contributed by atoms with van der Waals surface area (Å²) >= 11 is 0. The molecule has 1 saturated carbocycles. The second kappa shape index (κ2) is 6.10. The molecule has 1 amide bonds. The molecule has 5 heteroatoms. The molecule has 1 aliphatic heterocycles. The maximum absolute atomic E-state index is 12.9. The Labute approximate surface area is 124 Å². The summed E-state index contributed by atoms with van der Waals surface area (Å²) in [4.78, 5) is 12.0. The van der Waals surface area contributed by atoms with Crippen molar-refractivity contribution in [3.8, 4) is 0 Å². The standard InChI is InChI=1S/C15H19FN2O.ClH/c16-12-5-3-11(4-6-12)15(7-8-15)10-18-14(19)13-2-1-9-17-13;/h3-6,13,17H,1-2,7-10H2,(H,18,19);1H. The van der Waals surface area contributed by atoms with Gasteiger partial charge in [0.05, 0.1) is 6.04 Å². The topological polar surface area (TPSA) is 41.1 Å². The normalized spacial score (nSPS) is 22.9. The van der Waals surface area contributed by atoms with Gasteiger partial charge in [-0.05, 0) is 49.9 Å². The van der Waals surface area contributed by atoms with E-state index in [0.29, 0.717) is 6.54 Å². The molecule has 0 bridgehead atoms. The summed E-state index contributed by atoms with van der Waals surface area (Å²) in [6, 6.07) is 6.64. The zero-order valence-electron chi connectivity index (χ0n) is 11.3. The predicted octanol–water partition coefficient (Wildman–Crippen LogP) is 2.15. The molecule has 1 aromatic carbocycles. The summed E-state index contributed by atoms with van der Waals surface area (Å²) in [5, 5.41) is 6.24. The first-order chi connectivity index (χ1) is 9.20. The molecule has 3 rings (SSSR count). The fraction of sp³-hybridized carbons (Fsp3) is 0.533. The van der Waals surface area contributed by atoms with Gasteiger partial charge in [-0.25, -0.2) is 4.39 Å². The van der Waals surface area contributed by atoms with E-state index in [2.05, 4.69) is 10.6 Å². The van der Waals surface area contributed by atoms with Crippen LogP contribution in [-0.2, 0) is 10.2 Å². The van der Waals surface area contributed by atoms with Crippen LogP contribution in [0.5, 0.6) is 0 Å². The molecule has 110 valence electrons. The lowest BCUT2D eigenvalue weighted by molar-refractivity contribution is -0.122. The van der Waals surface area contributed by atoms with Crippen molar-refractivity contribution in [2.75, 3.05) is 13.1 Å². The van der Waals surface area contributed by atoms with Gasteiger partial charge >= 0.3 is 0 Å². The average molecular weight is 299 g/mol. The number of amides is 1. The highest BCUT2D eigenvalue weighted by Gasteiger charge is 2.44. The minimum absolute atomic E-state index is 0. The highest BCUT2D eigenvalue weighted by Crippen LogP contribution is 2.47. The molecule has 2 fully saturated rings. The van der Waals surface area contributed by atoms with E-state index in [9.17, 15) is 9.18 Å². The third-order valence-electron chi connectivity index (χ3n) is 4.29. The predicted molar refractivity (Wildman–Crippen MR) is 78.6 cm³/mol. The molecule has 1 heterocycles. The third-order valence-corrected chi connectivity index (χ3v) is 4.29. The summed E-state index contributed by atoms with van der Waals surface area (Å²) in [6.45, 7) is 1.59. The first-order valence-electron chi connectivity index (χ1n) is 6.97. The highest BCUT2D eigenvalue weighted by atomic mass is 35.5. The quantitative estimate of drug-likeness (QED) is 0.894. The van der Waals surface area contributed by atoms with Crippen molar-refractivity contribution >= 4 is 18.3 Å². The number of hydrogen-bond donors (Lipinski definition) is 2. The van der Waals surface area contributed by atoms with E-state index in [1.165, 1.54) is 12.1 Å². The molecule has 2 N–H and O–H groups in total. The molecule has 1 aromatic rings. The molecular weight excluding hydrogens is 279 g/mol. The third kappa shape index (κ3) is 3.13. The molecule has 0 radical (unpaired) electrons. The maximum Gasteiger partial charge on any atom is 0.237 e. The van der Waals surface area contributed by atoms with Crippen molar-refractivity contribution in [2.24, 2.45) is 0 Å². The SMILES string of the molecule is Cl.O=C(NCC1(c2ccc(F)cc2)CC1)C1CCCN1. The minimum Gasteiger partial charge on any atom is -0.354 e. The van der Waals surface area contributed by atoms with Gasteiger partial charge in [-0.1, -0.05) is 12.1 Å². The number of halogens is 2. The number of hydrogen-bond acceptors (Lipinski definition) is 2. The van der Waals surface area contributed by atoms with Gasteiger partial charge < -0.3 is 10.6 Å². The van der Waals surface area contributed by atoms with Crippen LogP contribution in [0.15, 0.2) is 24.3 Å². The van der Waals surface area contributed by atoms with Gasteiger partial charge in [-0.2, -0.15) is 0 Å². The second-order valence-corrected chi connectivity index (χ2v) is 5.65. The maximum atomic E-state index is 12.9. The number of rotatable bonds is 4. The zero-order valence-corrected chi connectivity index (χ0v) is 12.1. The van der Waals surface area contributed by atoms with E-state index >= 15 is 0 Å². The molecule has 0 spiro atoms. The largest absolute Gasteiger partial charge is 0.354 e. The van der Waals surface area contributed by atoms with Crippen LogP contribution in [0.25, 0.3) is 0 Å². The average Bonchev–Trinajstić information content (AvgIpc) is 3.01. The van der Waals surface area contributed by atoms with Crippen molar-refractivity contribution in [1.29, 1.82) is 0 Å². The Morgan fingerprint density at radius 3 is 2.60 bits per heavy atom. The van der Waals surface area contributed by atoms with Crippen molar-refractivity contribution in [3.05, 3.63) is 35.6 Å². The Balaban J connectivity index is 0.00000147. The van der Waals surface area contributed by atoms with Crippen molar-refractivity contribution in [2.45, 2.75) is 37.1 Å². The van der Waals surface area contributed by atoms with Crippen molar-refractivity contribution in [3.63, 3.8) is 0 Å². The van der Waals surface area contributed by atoms with Crippen molar-refractivity contribution in [1.82, 2.24) is 10.6 Å². The lowest BCUT2D eigenvalue weighted by Gasteiger charge is -2.18. The smallest absolute Gasteiger partial charge is 0.237 e. The molecule has 3 nitrogen and oxygen atoms in total. The van der Waals surface area contributed by atoms with Crippen LogP contribution in [0, 0.1) is 5.82 Å². The summed E-state index contributed by atoms with van der Waals surface area (Å²) in [5.74, 6) is -0.107. The number of nitrogens with one attached hydrogen (secondary N) is 2. The van der Waals surface area contributed by atoms with Crippen LogP contribution in [0.1, 0.15) is 31.2 Å². The van der Waals surface area contributed by atoms with Gasteiger partial charge in [0.1, 0.15) is 5.82 Å². The molecule has 1 atom stereocenters. The van der Waals surface area contributed by atoms with E-state index in [-0.39, 0.29) is 35.6 Å². The fourth-order valence-corrected chi connectivity index (χ4v) is 2.81. The van der Waals surface area contributed by atoms with Crippen LogP contribution in [0.3, 0.4) is 0 Å². The summed E-state index contributed by atoms with van der Waals surface area (Å²) in [6.07, 6.45) is 4.13. The molecule has 1 aliphatic carbocycles. The van der Waals surface area contributed by atoms with Gasteiger partial charge in [0.15, 0.2) is 0 Å². The van der Waals surface area contributed by atoms with Crippen LogP contribution < -0.4 is 10.6 Å². The summed E-state index contributed by atoms with van der Waals surface area (Å²) in [7, 11) is 0. The molecule has 20 heavy (non-hydrogen) atoms. The monoisotopic (exact) mass is 298 g/mol. The van der Waals surface area contributed by atoms with E-state index < -0.39 is 0 Å². The molecule has 1 unspecified atom stereocenters. The molecule has 2 aliphatic rings. The van der Waals surface area contributed by atoms with Gasteiger partial charge in [-0.15, -0.1) is 12.4 Å². The van der Waals surface area contributed by atoms with Gasteiger partial charge in [-0.3, -0.25) is 4.79 Å². The minimum atomic E-state index is -0.209.